The van der Waals surface area contributed by atoms with Gasteiger partial charge in [0.05, 0.1) is 6.61 Å². The van der Waals surface area contributed by atoms with Crippen LogP contribution in [0.1, 0.15) is 32.3 Å². The van der Waals surface area contributed by atoms with E-state index >= 15 is 0 Å². The van der Waals surface area contributed by atoms with E-state index in [1.54, 1.807) is 0 Å². The van der Waals surface area contributed by atoms with Crippen LogP contribution in [0.2, 0.25) is 0 Å². The average molecular weight is 576 g/mol. The smallest absolute Gasteiger partial charge is 0.461 e. The number of benzene rings is 1. The number of hydrogen-bond donors (Lipinski definition) is 3. The minimum atomic E-state index is -6.36. The van der Waals surface area contributed by atoms with Gasteiger partial charge >= 0.3 is 36.3 Å². The molecule has 0 fully saturated rings. The summed E-state index contributed by atoms with van der Waals surface area (Å²) in [5.74, 6) is -2.17. The van der Waals surface area contributed by atoms with Gasteiger partial charge < -0.3 is 20.0 Å². The number of amides is 2. The van der Waals surface area contributed by atoms with Crippen LogP contribution in [0.3, 0.4) is 0 Å². The normalized spacial score (nSPS) is 15.0. The predicted octanol–water partition coefficient (Wildman–Crippen LogP) is 5.31. The number of carbonyl (C=O) groups is 2. The van der Waals surface area contributed by atoms with E-state index in [0.29, 0.717) is 17.4 Å². The number of hydrogen-bond acceptors (Lipinski definition) is 6. The second kappa shape index (κ2) is 11.6. The second-order valence-corrected chi connectivity index (χ2v) is 7.51. The molecule has 37 heavy (non-hydrogen) atoms. The van der Waals surface area contributed by atoms with E-state index in [4.69, 9.17) is 11.6 Å². The van der Waals surface area contributed by atoms with Crippen molar-refractivity contribution in [3.8, 4) is 0 Å². The quantitative estimate of drug-likeness (QED) is 0.122. The molecule has 0 aliphatic rings. The van der Waals surface area contributed by atoms with Crippen molar-refractivity contribution in [1.29, 1.82) is 0 Å². The van der Waals surface area contributed by atoms with Crippen LogP contribution in [0, 0.1) is 0 Å². The first-order valence-electron chi connectivity index (χ1n) is 9.96. The van der Waals surface area contributed by atoms with Gasteiger partial charge in [-0.3, -0.25) is 5.32 Å². The first-order chi connectivity index (χ1) is 16.8. The van der Waals surface area contributed by atoms with Gasteiger partial charge in [-0.25, -0.2) is 9.59 Å². The molecule has 1 rings (SSSR count). The standard InChI is InChI=1S/C19H19ClF9N3O5/c1-3-6-12(20)32-37-16(18(24,25)26,19(27,28)29)31-14(34)30-11-8-5-7-10(9-11)15(35,17(21,22)23)13(33)36-4-2/h5,7-9,35H,3-4,6H2,1-2H3,(H2,30,31,34)/b32-12-/t15-/m0/s1. The third kappa shape index (κ3) is 7.09. The lowest BCUT2D eigenvalue weighted by Crippen LogP contribution is -2.69. The molecule has 0 heterocycles. The number of ether oxygens (including phenoxy) is 1. The maximum Gasteiger partial charge on any atom is 0.461 e. The number of halogens is 10. The number of oxime groups is 1. The Labute approximate surface area is 207 Å². The SMILES string of the molecule is CCC/C(Cl)=N/OC(NC(=O)Nc1cccc([C@](O)(C(=O)OCC)C(F)(F)F)c1)(C(F)(F)F)C(F)(F)F. The number of esters is 1. The lowest BCUT2D eigenvalue weighted by atomic mass is 9.92. The highest BCUT2D eigenvalue weighted by Gasteiger charge is 2.76. The fraction of sp³-hybridized carbons (Fsp3) is 0.526. The number of rotatable bonds is 9. The maximum atomic E-state index is 13.5. The molecule has 8 nitrogen and oxygen atoms in total. The van der Waals surface area contributed by atoms with Crippen LogP contribution in [0.15, 0.2) is 29.4 Å². The molecule has 210 valence electrons. The molecule has 0 radical (unpaired) electrons. The Morgan fingerprint density at radius 2 is 1.57 bits per heavy atom. The molecule has 3 N–H and O–H groups in total. The highest BCUT2D eigenvalue weighted by Crippen LogP contribution is 2.45. The molecule has 0 aromatic heterocycles. The van der Waals surface area contributed by atoms with Crippen molar-refractivity contribution in [2.24, 2.45) is 5.16 Å². The molecule has 2 amide bonds. The first kappa shape index (κ1) is 32.1. The van der Waals surface area contributed by atoms with Gasteiger partial charge in [0, 0.05) is 17.7 Å². The van der Waals surface area contributed by atoms with Gasteiger partial charge in [0.2, 0.25) is 0 Å². The van der Waals surface area contributed by atoms with E-state index in [1.165, 1.54) is 12.2 Å². The zero-order valence-corrected chi connectivity index (χ0v) is 19.5. The van der Waals surface area contributed by atoms with Gasteiger partial charge in [0.15, 0.2) is 0 Å². The molecule has 1 aromatic carbocycles. The Hall–Kier alpha value is -2.95. The largest absolute Gasteiger partial charge is 0.463 e. The number of alkyl halides is 9. The Balaban J connectivity index is 3.42. The first-order valence-corrected chi connectivity index (χ1v) is 10.3. The minimum absolute atomic E-state index is 0.164. The summed E-state index contributed by atoms with van der Waals surface area (Å²) in [7, 11) is 0. The zero-order chi connectivity index (χ0) is 28.9. The van der Waals surface area contributed by atoms with E-state index in [2.05, 4.69) is 14.7 Å². The number of carbonyl (C=O) groups excluding carboxylic acids is 2. The van der Waals surface area contributed by atoms with Crippen LogP contribution in [0.4, 0.5) is 50.0 Å². The minimum Gasteiger partial charge on any atom is -0.463 e. The van der Waals surface area contributed by atoms with Crippen LogP contribution in [-0.2, 0) is 20.0 Å². The molecule has 1 atom stereocenters. The zero-order valence-electron chi connectivity index (χ0n) is 18.7. The second-order valence-electron chi connectivity index (χ2n) is 7.07. The molecular formula is C19H19ClF9N3O5. The van der Waals surface area contributed by atoms with Crippen molar-refractivity contribution in [3.63, 3.8) is 0 Å². The van der Waals surface area contributed by atoms with Crippen LogP contribution < -0.4 is 10.6 Å². The third-order valence-electron chi connectivity index (χ3n) is 4.35. The Kier molecular flexibility index (Phi) is 10.1. The summed E-state index contributed by atoms with van der Waals surface area (Å²) in [5, 5.41) is 13.8. The topological polar surface area (TPSA) is 109 Å². The van der Waals surface area contributed by atoms with Crippen molar-refractivity contribution < 1.29 is 63.8 Å². The van der Waals surface area contributed by atoms with Crippen LogP contribution in [0.25, 0.3) is 0 Å². The summed E-state index contributed by atoms with van der Waals surface area (Å²) in [5.41, 5.74) is -11.8. The van der Waals surface area contributed by atoms with Crippen molar-refractivity contribution in [1.82, 2.24) is 5.32 Å². The van der Waals surface area contributed by atoms with E-state index in [-0.39, 0.29) is 18.9 Å². The van der Waals surface area contributed by atoms with Crippen molar-refractivity contribution in [3.05, 3.63) is 29.8 Å². The summed E-state index contributed by atoms with van der Waals surface area (Å²) in [4.78, 5) is 27.6. The van der Waals surface area contributed by atoms with Gasteiger partial charge in [0.1, 0.15) is 5.17 Å². The highest BCUT2D eigenvalue weighted by molar-refractivity contribution is 6.65. The average Bonchev–Trinajstić information content (AvgIpc) is 2.74. The van der Waals surface area contributed by atoms with Gasteiger partial charge in [-0.15, -0.1) is 0 Å². The van der Waals surface area contributed by atoms with Gasteiger partial charge in [-0.2, -0.15) is 39.5 Å². The van der Waals surface area contributed by atoms with Crippen LogP contribution >= 0.6 is 11.6 Å². The van der Waals surface area contributed by atoms with Gasteiger partial charge in [-0.05, 0) is 25.5 Å². The number of aliphatic hydroxyl groups is 1. The number of nitrogens with zero attached hydrogens (tertiary/aromatic N) is 1. The number of anilines is 1. The predicted molar refractivity (Wildman–Crippen MR) is 109 cm³/mol. The lowest BCUT2D eigenvalue weighted by Gasteiger charge is -2.34. The van der Waals surface area contributed by atoms with Crippen LogP contribution in [0.5, 0.6) is 0 Å². The molecule has 0 aliphatic heterocycles. The van der Waals surface area contributed by atoms with Gasteiger partial charge in [0.25, 0.3) is 5.60 Å². The summed E-state index contributed by atoms with van der Waals surface area (Å²) in [6.07, 6.45) is -18.5. The fourth-order valence-electron chi connectivity index (χ4n) is 2.58. The number of nitrogens with one attached hydrogen (secondary N) is 2. The Bertz CT molecular complexity index is 985. The molecule has 0 spiro atoms. The van der Waals surface area contributed by atoms with Gasteiger partial charge in [-0.1, -0.05) is 35.8 Å². The number of urea groups is 1. The lowest BCUT2D eigenvalue weighted by molar-refractivity contribution is -0.388. The summed E-state index contributed by atoms with van der Waals surface area (Å²) in [6, 6.07) is 0.0268. The van der Waals surface area contributed by atoms with E-state index < -0.39 is 64.9 Å². The van der Waals surface area contributed by atoms with E-state index in [9.17, 15) is 54.2 Å². The summed E-state index contributed by atoms with van der Waals surface area (Å²) in [6.45, 7) is 2.02. The summed E-state index contributed by atoms with van der Waals surface area (Å²) >= 11 is 5.41. The van der Waals surface area contributed by atoms with Crippen molar-refractivity contribution >= 4 is 34.5 Å². The molecule has 0 saturated carbocycles. The fourth-order valence-corrected chi connectivity index (χ4v) is 2.80. The van der Waals surface area contributed by atoms with E-state index in [0.717, 1.165) is 13.0 Å². The molecular weight excluding hydrogens is 557 g/mol. The molecule has 0 saturated heterocycles. The molecule has 0 unspecified atom stereocenters. The Morgan fingerprint density at radius 1 is 1.00 bits per heavy atom. The highest BCUT2D eigenvalue weighted by atomic mass is 35.5. The molecule has 0 aliphatic carbocycles. The Morgan fingerprint density at radius 3 is 2.03 bits per heavy atom. The molecule has 18 heteroatoms. The molecule has 0 bridgehead atoms. The molecule has 1 aromatic rings. The van der Waals surface area contributed by atoms with Crippen molar-refractivity contribution in [2.45, 2.75) is 56.5 Å². The maximum absolute atomic E-state index is 13.5. The monoisotopic (exact) mass is 575 g/mol. The summed E-state index contributed by atoms with van der Waals surface area (Å²) < 4.78 is 126. The van der Waals surface area contributed by atoms with E-state index in [1.807, 2.05) is 0 Å². The van der Waals surface area contributed by atoms with Crippen molar-refractivity contribution in [2.75, 3.05) is 11.9 Å². The van der Waals surface area contributed by atoms with Crippen LogP contribution in [-0.4, -0.2) is 53.1 Å². The third-order valence-corrected chi connectivity index (χ3v) is 4.60.